The van der Waals surface area contributed by atoms with Crippen molar-refractivity contribution >= 4 is 16.1 Å². The molecule has 6 heteroatoms. The van der Waals surface area contributed by atoms with Crippen LogP contribution in [0.1, 0.15) is 16.5 Å². The summed E-state index contributed by atoms with van der Waals surface area (Å²) in [5.74, 6) is 0.231. The zero-order chi connectivity index (χ0) is 9.47. The molecule has 1 saturated heterocycles. The predicted molar refractivity (Wildman–Crippen MR) is 45.3 cm³/mol. The van der Waals surface area contributed by atoms with E-state index >= 15 is 0 Å². The van der Waals surface area contributed by atoms with Crippen molar-refractivity contribution in [2.24, 2.45) is 0 Å². The Morgan fingerprint density at radius 3 is 2.77 bits per heavy atom. The molecular weight excluding hydrogens is 192 g/mol. The van der Waals surface area contributed by atoms with Crippen molar-refractivity contribution in [2.75, 3.05) is 11.5 Å². The number of nitrogens with zero attached hydrogens (tertiary/aromatic N) is 2. The summed E-state index contributed by atoms with van der Waals surface area (Å²) in [5.41, 5.74) is 0.430. The third kappa shape index (κ3) is 1.37. The summed E-state index contributed by atoms with van der Waals surface area (Å²) in [6.07, 6.45) is 3.60. The van der Waals surface area contributed by atoms with Crippen molar-refractivity contribution in [1.29, 1.82) is 0 Å². The van der Waals surface area contributed by atoms with E-state index in [2.05, 4.69) is 4.98 Å². The minimum atomic E-state index is -2.85. The van der Waals surface area contributed by atoms with Gasteiger partial charge in [0, 0.05) is 0 Å². The van der Waals surface area contributed by atoms with E-state index in [9.17, 15) is 13.2 Å². The standard InChI is InChI=1S/C7H8N2O3S/c10-2-6-1-8-5-9(6)7-3-13(11,12)4-7/h1-2,5,7H,3-4H2. The van der Waals surface area contributed by atoms with Crippen molar-refractivity contribution in [3.05, 3.63) is 18.2 Å². The Morgan fingerprint density at radius 1 is 1.54 bits per heavy atom. The highest BCUT2D eigenvalue weighted by molar-refractivity contribution is 7.92. The average Bonchev–Trinajstić information content (AvgIpc) is 2.46. The topological polar surface area (TPSA) is 69.0 Å². The van der Waals surface area contributed by atoms with Crippen LogP contribution in [0.3, 0.4) is 0 Å². The van der Waals surface area contributed by atoms with Crippen molar-refractivity contribution in [3.63, 3.8) is 0 Å². The number of aldehydes is 1. The number of hydrogen-bond acceptors (Lipinski definition) is 4. The zero-order valence-electron chi connectivity index (χ0n) is 6.75. The molecule has 0 amide bonds. The fourth-order valence-electron chi connectivity index (χ4n) is 1.41. The van der Waals surface area contributed by atoms with Crippen LogP contribution in [-0.2, 0) is 9.84 Å². The lowest BCUT2D eigenvalue weighted by molar-refractivity contribution is 0.111. The Hall–Kier alpha value is -1.17. The first-order chi connectivity index (χ1) is 6.12. The van der Waals surface area contributed by atoms with Gasteiger partial charge in [-0.05, 0) is 0 Å². The van der Waals surface area contributed by atoms with Crippen LogP contribution in [0.4, 0.5) is 0 Å². The van der Waals surface area contributed by atoms with Crippen LogP contribution in [0.5, 0.6) is 0 Å². The van der Waals surface area contributed by atoms with Gasteiger partial charge in [-0.1, -0.05) is 0 Å². The smallest absolute Gasteiger partial charge is 0.168 e. The molecule has 1 aromatic heterocycles. The first-order valence-electron chi connectivity index (χ1n) is 3.80. The number of aromatic nitrogens is 2. The van der Waals surface area contributed by atoms with Gasteiger partial charge in [-0.3, -0.25) is 4.79 Å². The maximum atomic E-state index is 10.9. The Balaban J connectivity index is 2.24. The number of imidazole rings is 1. The molecule has 2 heterocycles. The average molecular weight is 200 g/mol. The molecule has 0 radical (unpaired) electrons. The lowest BCUT2D eigenvalue weighted by atomic mass is 10.3. The van der Waals surface area contributed by atoms with E-state index in [0.717, 1.165) is 0 Å². The zero-order valence-corrected chi connectivity index (χ0v) is 7.57. The molecule has 2 rings (SSSR count). The first-order valence-corrected chi connectivity index (χ1v) is 5.62. The SMILES string of the molecule is O=Cc1cncn1C1CS(=O)(=O)C1. The van der Waals surface area contributed by atoms with E-state index in [4.69, 9.17) is 0 Å². The monoisotopic (exact) mass is 200 g/mol. The highest BCUT2D eigenvalue weighted by Crippen LogP contribution is 2.24. The Kier molecular flexibility index (Phi) is 1.73. The molecule has 0 unspecified atom stereocenters. The maximum Gasteiger partial charge on any atom is 0.168 e. The fourth-order valence-corrected chi connectivity index (χ4v) is 2.81. The highest BCUT2D eigenvalue weighted by atomic mass is 32.2. The number of carbonyl (C=O) groups is 1. The summed E-state index contributed by atoms with van der Waals surface area (Å²) in [5, 5.41) is 0. The van der Waals surface area contributed by atoms with Gasteiger partial charge in [0.1, 0.15) is 5.69 Å². The van der Waals surface area contributed by atoms with Crippen molar-refractivity contribution < 1.29 is 13.2 Å². The molecule has 1 aliphatic heterocycles. The van der Waals surface area contributed by atoms with E-state index in [-0.39, 0.29) is 17.5 Å². The lowest BCUT2D eigenvalue weighted by Crippen LogP contribution is -2.38. The van der Waals surface area contributed by atoms with Crippen LogP contribution in [-0.4, -0.2) is 35.8 Å². The van der Waals surface area contributed by atoms with Crippen LogP contribution < -0.4 is 0 Å². The molecule has 5 nitrogen and oxygen atoms in total. The molecular formula is C7H8N2O3S. The van der Waals surface area contributed by atoms with Crippen LogP contribution in [0, 0.1) is 0 Å². The van der Waals surface area contributed by atoms with Gasteiger partial charge in [0.25, 0.3) is 0 Å². The van der Waals surface area contributed by atoms with E-state index in [1.165, 1.54) is 12.5 Å². The lowest BCUT2D eigenvalue weighted by Gasteiger charge is -2.27. The molecule has 0 bridgehead atoms. The third-order valence-corrected chi connectivity index (χ3v) is 3.89. The van der Waals surface area contributed by atoms with Gasteiger partial charge in [-0.25, -0.2) is 13.4 Å². The second-order valence-corrected chi connectivity index (χ2v) is 5.23. The molecule has 1 fully saturated rings. The van der Waals surface area contributed by atoms with Gasteiger partial charge >= 0.3 is 0 Å². The van der Waals surface area contributed by atoms with E-state index in [0.29, 0.717) is 12.0 Å². The summed E-state index contributed by atoms with van der Waals surface area (Å²) < 4.78 is 23.3. The fraction of sp³-hybridized carbons (Fsp3) is 0.429. The second-order valence-electron chi connectivity index (χ2n) is 3.07. The maximum absolute atomic E-state index is 10.9. The Bertz CT molecular complexity index is 422. The minimum absolute atomic E-state index is 0.104. The van der Waals surface area contributed by atoms with Crippen molar-refractivity contribution in [1.82, 2.24) is 9.55 Å². The van der Waals surface area contributed by atoms with E-state index in [1.54, 1.807) is 4.57 Å². The Morgan fingerprint density at radius 2 is 2.23 bits per heavy atom. The molecule has 0 aliphatic carbocycles. The molecule has 0 saturated carbocycles. The molecule has 70 valence electrons. The summed E-state index contributed by atoms with van der Waals surface area (Å²) in [7, 11) is -2.85. The van der Waals surface area contributed by atoms with E-state index in [1.807, 2.05) is 0 Å². The second kappa shape index (κ2) is 2.66. The summed E-state index contributed by atoms with van der Waals surface area (Å²) in [4.78, 5) is 14.3. The summed E-state index contributed by atoms with van der Waals surface area (Å²) >= 11 is 0. The molecule has 0 N–H and O–H groups in total. The van der Waals surface area contributed by atoms with E-state index < -0.39 is 9.84 Å². The molecule has 0 atom stereocenters. The van der Waals surface area contributed by atoms with Gasteiger partial charge in [0.2, 0.25) is 0 Å². The quantitative estimate of drug-likeness (QED) is 0.613. The largest absolute Gasteiger partial charge is 0.323 e. The van der Waals surface area contributed by atoms with Gasteiger partial charge in [0.15, 0.2) is 16.1 Å². The first kappa shape index (κ1) is 8.43. The summed E-state index contributed by atoms with van der Waals surface area (Å²) in [6, 6.07) is -0.104. The Labute approximate surface area is 75.3 Å². The molecule has 1 aliphatic rings. The molecule has 1 aromatic rings. The number of rotatable bonds is 2. The molecule has 0 aromatic carbocycles. The predicted octanol–water partition coefficient (Wildman–Crippen LogP) is -0.335. The van der Waals surface area contributed by atoms with Crippen molar-refractivity contribution in [2.45, 2.75) is 6.04 Å². The van der Waals surface area contributed by atoms with Crippen molar-refractivity contribution in [3.8, 4) is 0 Å². The highest BCUT2D eigenvalue weighted by Gasteiger charge is 2.35. The molecule has 0 spiro atoms. The molecule has 13 heavy (non-hydrogen) atoms. The number of carbonyl (C=O) groups excluding carboxylic acids is 1. The number of hydrogen-bond donors (Lipinski definition) is 0. The van der Waals surface area contributed by atoms with Gasteiger partial charge in [-0.2, -0.15) is 0 Å². The number of sulfone groups is 1. The van der Waals surface area contributed by atoms with Gasteiger partial charge in [0.05, 0.1) is 30.1 Å². The van der Waals surface area contributed by atoms with Gasteiger partial charge in [-0.15, -0.1) is 0 Å². The third-order valence-electron chi connectivity index (χ3n) is 2.10. The summed E-state index contributed by atoms with van der Waals surface area (Å²) in [6.45, 7) is 0. The minimum Gasteiger partial charge on any atom is -0.323 e. The van der Waals surface area contributed by atoms with Gasteiger partial charge < -0.3 is 4.57 Å². The normalized spacial score (nSPS) is 20.9. The van der Waals surface area contributed by atoms with Crippen LogP contribution in [0.25, 0.3) is 0 Å². The van der Waals surface area contributed by atoms with Crippen LogP contribution in [0.2, 0.25) is 0 Å². The van der Waals surface area contributed by atoms with Crippen LogP contribution in [0.15, 0.2) is 12.5 Å². The van der Waals surface area contributed by atoms with Crippen LogP contribution >= 0.6 is 0 Å².